The lowest BCUT2D eigenvalue weighted by atomic mass is 9.98. The first kappa shape index (κ1) is 17.1. The predicted octanol–water partition coefficient (Wildman–Crippen LogP) is 4.83. The average molecular weight is 311 g/mol. The van der Waals surface area contributed by atoms with E-state index in [9.17, 15) is 4.79 Å². The molecule has 0 bridgehead atoms. The van der Waals surface area contributed by atoms with E-state index >= 15 is 0 Å². The number of para-hydroxylation sites is 1. The number of rotatable bonds is 6. The number of nitrogens with one attached hydrogen (secondary N) is 1. The van der Waals surface area contributed by atoms with E-state index in [2.05, 4.69) is 25.2 Å². The number of aryl methyl sites for hydroxylation is 2. The van der Waals surface area contributed by atoms with Gasteiger partial charge in [-0.2, -0.15) is 0 Å². The molecule has 1 atom stereocenters. The van der Waals surface area contributed by atoms with Crippen molar-refractivity contribution in [3.05, 3.63) is 59.2 Å². The number of amides is 1. The number of hydrogen-bond donors (Lipinski definition) is 1. The van der Waals surface area contributed by atoms with Gasteiger partial charge >= 0.3 is 0 Å². The quantitative estimate of drug-likeness (QED) is 0.829. The zero-order valence-corrected chi connectivity index (χ0v) is 14.3. The van der Waals surface area contributed by atoms with E-state index in [0.29, 0.717) is 5.92 Å². The topological polar surface area (TPSA) is 38.3 Å². The van der Waals surface area contributed by atoms with Crippen molar-refractivity contribution in [1.82, 2.24) is 0 Å². The standard InChI is InChI=1S/C20H25NO2/c1-5-15(3)17-8-6-7-9-19(17)23-13-20(22)21-18-12-14(2)10-11-16(18)4/h6-12,15H,5,13H2,1-4H3,(H,21,22). The molecule has 1 N–H and O–H groups in total. The fraction of sp³-hybridized carbons (Fsp3) is 0.350. The van der Waals surface area contributed by atoms with Crippen LogP contribution in [0, 0.1) is 13.8 Å². The first-order valence-electron chi connectivity index (χ1n) is 8.10. The van der Waals surface area contributed by atoms with Crippen molar-refractivity contribution in [2.75, 3.05) is 11.9 Å². The molecule has 0 saturated carbocycles. The summed E-state index contributed by atoms with van der Waals surface area (Å²) in [5.74, 6) is 1.06. The van der Waals surface area contributed by atoms with Crippen LogP contribution in [0.4, 0.5) is 5.69 Å². The second-order valence-electron chi connectivity index (χ2n) is 6.00. The molecular weight excluding hydrogens is 286 g/mol. The fourth-order valence-corrected chi connectivity index (χ4v) is 2.44. The van der Waals surface area contributed by atoms with E-state index in [0.717, 1.165) is 34.5 Å². The SMILES string of the molecule is CCC(C)c1ccccc1OCC(=O)Nc1cc(C)ccc1C. The Balaban J connectivity index is 2.01. The van der Waals surface area contributed by atoms with Gasteiger partial charge in [0.25, 0.3) is 5.91 Å². The molecule has 1 amide bonds. The number of anilines is 1. The molecule has 0 radical (unpaired) electrons. The number of carbonyl (C=O) groups excluding carboxylic acids is 1. The van der Waals surface area contributed by atoms with E-state index in [-0.39, 0.29) is 12.5 Å². The van der Waals surface area contributed by atoms with Crippen molar-refractivity contribution >= 4 is 11.6 Å². The van der Waals surface area contributed by atoms with Gasteiger partial charge < -0.3 is 10.1 Å². The highest BCUT2D eigenvalue weighted by atomic mass is 16.5. The van der Waals surface area contributed by atoms with Crippen LogP contribution in [-0.2, 0) is 4.79 Å². The molecule has 23 heavy (non-hydrogen) atoms. The fourth-order valence-electron chi connectivity index (χ4n) is 2.44. The second-order valence-corrected chi connectivity index (χ2v) is 6.00. The van der Waals surface area contributed by atoms with Crippen LogP contribution in [-0.4, -0.2) is 12.5 Å². The highest BCUT2D eigenvalue weighted by Gasteiger charge is 2.11. The van der Waals surface area contributed by atoms with E-state index in [1.165, 1.54) is 0 Å². The molecule has 0 aliphatic rings. The van der Waals surface area contributed by atoms with Crippen LogP contribution >= 0.6 is 0 Å². The number of carbonyl (C=O) groups is 1. The van der Waals surface area contributed by atoms with Gasteiger partial charge in [0.05, 0.1) is 0 Å². The van der Waals surface area contributed by atoms with Gasteiger partial charge in [-0.25, -0.2) is 0 Å². The maximum Gasteiger partial charge on any atom is 0.262 e. The minimum atomic E-state index is -0.141. The molecule has 0 aliphatic carbocycles. The van der Waals surface area contributed by atoms with Gasteiger partial charge in [-0.05, 0) is 55.0 Å². The Kier molecular flexibility index (Phi) is 5.80. The van der Waals surface area contributed by atoms with Crippen LogP contribution in [0.2, 0.25) is 0 Å². The van der Waals surface area contributed by atoms with Crippen molar-refractivity contribution in [2.45, 2.75) is 40.0 Å². The van der Waals surface area contributed by atoms with Gasteiger partial charge in [0.2, 0.25) is 0 Å². The van der Waals surface area contributed by atoms with Gasteiger partial charge in [-0.1, -0.05) is 44.2 Å². The van der Waals surface area contributed by atoms with E-state index in [1.807, 2.05) is 50.2 Å². The summed E-state index contributed by atoms with van der Waals surface area (Å²) in [4.78, 5) is 12.2. The average Bonchev–Trinajstić information content (AvgIpc) is 2.56. The smallest absolute Gasteiger partial charge is 0.262 e. The molecule has 3 nitrogen and oxygen atoms in total. The predicted molar refractivity (Wildman–Crippen MR) is 95.2 cm³/mol. The molecule has 0 saturated heterocycles. The highest BCUT2D eigenvalue weighted by Crippen LogP contribution is 2.28. The Labute approximate surface area is 138 Å². The molecule has 0 aliphatic heterocycles. The van der Waals surface area contributed by atoms with Crippen LogP contribution in [0.3, 0.4) is 0 Å². The summed E-state index contributed by atoms with van der Waals surface area (Å²) in [5.41, 5.74) is 4.15. The van der Waals surface area contributed by atoms with Gasteiger partial charge in [0.15, 0.2) is 6.61 Å². The summed E-state index contributed by atoms with van der Waals surface area (Å²) in [6.07, 6.45) is 1.04. The number of benzene rings is 2. The Bertz CT molecular complexity index is 679. The van der Waals surface area contributed by atoms with Gasteiger partial charge in [0.1, 0.15) is 5.75 Å². The van der Waals surface area contributed by atoms with E-state index in [4.69, 9.17) is 4.74 Å². The molecule has 1 unspecified atom stereocenters. The lowest BCUT2D eigenvalue weighted by Gasteiger charge is -2.16. The first-order valence-corrected chi connectivity index (χ1v) is 8.10. The molecule has 0 spiro atoms. The van der Waals surface area contributed by atoms with Crippen LogP contribution in [0.15, 0.2) is 42.5 Å². The lowest BCUT2D eigenvalue weighted by Crippen LogP contribution is -2.21. The Hall–Kier alpha value is -2.29. The third kappa shape index (κ3) is 4.59. The highest BCUT2D eigenvalue weighted by molar-refractivity contribution is 5.92. The lowest BCUT2D eigenvalue weighted by molar-refractivity contribution is -0.118. The summed E-state index contributed by atoms with van der Waals surface area (Å²) in [6, 6.07) is 13.9. The van der Waals surface area contributed by atoms with Crippen LogP contribution in [0.1, 0.15) is 42.9 Å². The van der Waals surface area contributed by atoms with Crippen molar-refractivity contribution in [3.63, 3.8) is 0 Å². The molecule has 0 aromatic heterocycles. The van der Waals surface area contributed by atoms with E-state index in [1.54, 1.807) is 0 Å². The van der Waals surface area contributed by atoms with Crippen LogP contribution in [0.5, 0.6) is 5.75 Å². The van der Waals surface area contributed by atoms with Gasteiger partial charge in [-0.3, -0.25) is 4.79 Å². The molecular formula is C20H25NO2. The molecule has 0 fully saturated rings. The van der Waals surface area contributed by atoms with Crippen molar-refractivity contribution in [3.8, 4) is 5.75 Å². The maximum atomic E-state index is 12.2. The Morgan fingerprint density at radius 2 is 1.91 bits per heavy atom. The Morgan fingerprint density at radius 3 is 2.65 bits per heavy atom. The molecule has 122 valence electrons. The monoisotopic (exact) mass is 311 g/mol. The third-order valence-electron chi connectivity index (χ3n) is 4.09. The van der Waals surface area contributed by atoms with Crippen molar-refractivity contribution in [1.29, 1.82) is 0 Å². The first-order chi connectivity index (χ1) is 11.0. The van der Waals surface area contributed by atoms with Crippen molar-refractivity contribution < 1.29 is 9.53 Å². The zero-order chi connectivity index (χ0) is 16.8. The summed E-state index contributed by atoms with van der Waals surface area (Å²) in [6.45, 7) is 8.32. The zero-order valence-electron chi connectivity index (χ0n) is 14.3. The van der Waals surface area contributed by atoms with Crippen LogP contribution < -0.4 is 10.1 Å². The molecule has 3 heteroatoms. The summed E-state index contributed by atoms with van der Waals surface area (Å²) < 4.78 is 5.75. The molecule has 2 aromatic rings. The minimum Gasteiger partial charge on any atom is -0.483 e. The number of ether oxygens (including phenoxy) is 1. The molecule has 0 heterocycles. The van der Waals surface area contributed by atoms with Crippen molar-refractivity contribution in [2.24, 2.45) is 0 Å². The van der Waals surface area contributed by atoms with E-state index < -0.39 is 0 Å². The molecule has 2 aromatic carbocycles. The van der Waals surface area contributed by atoms with Gasteiger partial charge in [0, 0.05) is 5.69 Å². The largest absolute Gasteiger partial charge is 0.483 e. The maximum absolute atomic E-state index is 12.2. The summed E-state index contributed by atoms with van der Waals surface area (Å²) in [5, 5.41) is 2.92. The van der Waals surface area contributed by atoms with Crippen LogP contribution in [0.25, 0.3) is 0 Å². The third-order valence-corrected chi connectivity index (χ3v) is 4.09. The Morgan fingerprint density at radius 1 is 1.17 bits per heavy atom. The normalized spacial score (nSPS) is 11.8. The summed E-state index contributed by atoms with van der Waals surface area (Å²) >= 11 is 0. The molecule has 2 rings (SSSR count). The van der Waals surface area contributed by atoms with Gasteiger partial charge in [-0.15, -0.1) is 0 Å². The second kappa shape index (κ2) is 7.82. The number of hydrogen-bond acceptors (Lipinski definition) is 2. The minimum absolute atomic E-state index is 0.0147. The summed E-state index contributed by atoms with van der Waals surface area (Å²) in [7, 11) is 0.